The van der Waals surface area contributed by atoms with Crippen LogP contribution in [0.1, 0.15) is 63.1 Å². The minimum atomic E-state index is 0.316. The second-order valence-corrected chi connectivity index (χ2v) is 6.19. The molecular formula is C17H27NO. The van der Waals surface area contributed by atoms with Gasteiger partial charge in [0.2, 0.25) is 0 Å². The molecule has 1 aromatic rings. The van der Waals surface area contributed by atoms with Gasteiger partial charge in [-0.25, -0.2) is 0 Å². The zero-order chi connectivity index (χ0) is 13.8. The van der Waals surface area contributed by atoms with Gasteiger partial charge in [0.05, 0.1) is 0 Å². The SMILES string of the molecule is CC(C)c1ccc(C(C)NC2CCCC2CO)cc1. The van der Waals surface area contributed by atoms with Gasteiger partial charge in [-0.3, -0.25) is 0 Å². The number of aliphatic hydroxyl groups is 1. The third-order valence-electron chi connectivity index (χ3n) is 4.46. The second-order valence-electron chi connectivity index (χ2n) is 6.19. The molecule has 0 aliphatic heterocycles. The number of benzene rings is 1. The van der Waals surface area contributed by atoms with Gasteiger partial charge < -0.3 is 10.4 Å². The summed E-state index contributed by atoms with van der Waals surface area (Å²) in [5.41, 5.74) is 2.73. The minimum absolute atomic E-state index is 0.316. The van der Waals surface area contributed by atoms with Crippen molar-refractivity contribution >= 4 is 0 Å². The molecule has 0 aromatic heterocycles. The lowest BCUT2D eigenvalue weighted by Gasteiger charge is -2.24. The Kier molecular flexibility index (Phi) is 5.00. The van der Waals surface area contributed by atoms with Gasteiger partial charge in [0.1, 0.15) is 0 Å². The van der Waals surface area contributed by atoms with Crippen molar-refractivity contribution < 1.29 is 5.11 Å². The first kappa shape index (κ1) is 14.5. The molecule has 3 unspecified atom stereocenters. The van der Waals surface area contributed by atoms with E-state index < -0.39 is 0 Å². The number of aliphatic hydroxyl groups excluding tert-OH is 1. The Bertz CT molecular complexity index is 385. The van der Waals surface area contributed by atoms with E-state index in [9.17, 15) is 5.11 Å². The summed E-state index contributed by atoms with van der Waals surface area (Å²) >= 11 is 0. The Balaban J connectivity index is 1.97. The van der Waals surface area contributed by atoms with Gasteiger partial charge in [-0.2, -0.15) is 0 Å². The molecule has 0 bridgehead atoms. The predicted molar refractivity (Wildman–Crippen MR) is 80.3 cm³/mol. The van der Waals surface area contributed by atoms with Crippen molar-refractivity contribution in [1.82, 2.24) is 5.32 Å². The molecule has 1 aliphatic rings. The lowest BCUT2D eigenvalue weighted by Crippen LogP contribution is -2.35. The van der Waals surface area contributed by atoms with E-state index in [-0.39, 0.29) is 0 Å². The first-order valence-corrected chi connectivity index (χ1v) is 7.58. The van der Waals surface area contributed by atoms with Crippen LogP contribution < -0.4 is 5.32 Å². The monoisotopic (exact) mass is 261 g/mol. The van der Waals surface area contributed by atoms with Gasteiger partial charge in [-0.05, 0) is 42.7 Å². The van der Waals surface area contributed by atoms with Crippen LogP contribution in [0.3, 0.4) is 0 Å². The number of nitrogens with one attached hydrogen (secondary N) is 1. The highest BCUT2D eigenvalue weighted by Crippen LogP contribution is 2.28. The molecule has 2 heteroatoms. The molecule has 0 radical (unpaired) electrons. The number of rotatable bonds is 5. The molecule has 19 heavy (non-hydrogen) atoms. The highest BCUT2D eigenvalue weighted by molar-refractivity contribution is 5.26. The molecule has 2 N–H and O–H groups in total. The van der Waals surface area contributed by atoms with Gasteiger partial charge >= 0.3 is 0 Å². The average Bonchev–Trinajstić information content (AvgIpc) is 2.86. The molecule has 0 amide bonds. The van der Waals surface area contributed by atoms with Crippen molar-refractivity contribution in [3.63, 3.8) is 0 Å². The Hall–Kier alpha value is -0.860. The first-order valence-electron chi connectivity index (χ1n) is 7.58. The molecule has 1 fully saturated rings. The molecular weight excluding hydrogens is 234 g/mol. The third-order valence-corrected chi connectivity index (χ3v) is 4.46. The predicted octanol–water partition coefficient (Wildman–Crippen LogP) is 3.62. The quantitative estimate of drug-likeness (QED) is 0.848. The van der Waals surface area contributed by atoms with Crippen molar-refractivity contribution in [2.24, 2.45) is 5.92 Å². The maximum absolute atomic E-state index is 9.38. The zero-order valence-corrected chi connectivity index (χ0v) is 12.4. The fourth-order valence-corrected chi connectivity index (χ4v) is 3.06. The van der Waals surface area contributed by atoms with E-state index in [0.29, 0.717) is 30.5 Å². The maximum Gasteiger partial charge on any atom is 0.0474 e. The normalized spacial score (nSPS) is 24.9. The smallest absolute Gasteiger partial charge is 0.0474 e. The van der Waals surface area contributed by atoms with Crippen LogP contribution in [0.15, 0.2) is 24.3 Å². The van der Waals surface area contributed by atoms with Crippen molar-refractivity contribution in [1.29, 1.82) is 0 Å². The second kappa shape index (κ2) is 6.53. The van der Waals surface area contributed by atoms with Crippen LogP contribution >= 0.6 is 0 Å². The lowest BCUT2D eigenvalue weighted by molar-refractivity contribution is 0.200. The van der Waals surface area contributed by atoms with E-state index in [0.717, 1.165) is 6.42 Å². The summed E-state index contributed by atoms with van der Waals surface area (Å²) in [5, 5.41) is 13.1. The average molecular weight is 261 g/mol. The fraction of sp³-hybridized carbons (Fsp3) is 0.647. The van der Waals surface area contributed by atoms with E-state index in [2.05, 4.69) is 50.4 Å². The molecule has 2 nitrogen and oxygen atoms in total. The van der Waals surface area contributed by atoms with Gasteiger partial charge in [0.15, 0.2) is 0 Å². The summed E-state index contributed by atoms with van der Waals surface area (Å²) in [7, 11) is 0. The van der Waals surface area contributed by atoms with Crippen molar-refractivity contribution in [2.75, 3.05) is 6.61 Å². The van der Waals surface area contributed by atoms with Gasteiger partial charge in [-0.15, -0.1) is 0 Å². The van der Waals surface area contributed by atoms with E-state index in [4.69, 9.17) is 0 Å². The Morgan fingerprint density at radius 3 is 2.32 bits per heavy atom. The van der Waals surface area contributed by atoms with Crippen LogP contribution in [0.2, 0.25) is 0 Å². The van der Waals surface area contributed by atoms with E-state index in [1.165, 1.54) is 24.0 Å². The van der Waals surface area contributed by atoms with Crippen LogP contribution in [-0.4, -0.2) is 17.8 Å². The fourth-order valence-electron chi connectivity index (χ4n) is 3.06. The van der Waals surface area contributed by atoms with E-state index in [1.54, 1.807) is 0 Å². The van der Waals surface area contributed by atoms with E-state index >= 15 is 0 Å². The molecule has 1 saturated carbocycles. The molecule has 106 valence electrons. The van der Waals surface area contributed by atoms with E-state index in [1.807, 2.05) is 0 Å². The maximum atomic E-state index is 9.38. The third kappa shape index (κ3) is 3.58. The molecule has 0 heterocycles. The Morgan fingerprint density at radius 1 is 1.11 bits per heavy atom. The van der Waals surface area contributed by atoms with Crippen molar-refractivity contribution in [2.45, 2.75) is 58.0 Å². The molecule has 1 aliphatic carbocycles. The Labute approximate surface area is 117 Å². The Morgan fingerprint density at radius 2 is 1.74 bits per heavy atom. The van der Waals surface area contributed by atoms with Crippen LogP contribution in [0.5, 0.6) is 0 Å². The van der Waals surface area contributed by atoms with Crippen LogP contribution in [0.25, 0.3) is 0 Å². The van der Waals surface area contributed by atoms with Crippen LogP contribution in [0, 0.1) is 5.92 Å². The van der Waals surface area contributed by atoms with Crippen molar-refractivity contribution in [3.8, 4) is 0 Å². The van der Waals surface area contributed by atoms with Crippen molar-refractivity contribution in [3.05, 3.63) is 35.4 Å². The molecule has 0 saturated heterocycles. The summed E-state index contributed by atoms with van der Waals surface area (Å²) in [6.45, 7) is 6.98. The molecule has 3 atom stereocenters. The zero-order valence-electron chi connectivity index (χ0n) is 12.4. The highest BCUT2D eigenvalue weighted by atomic mass is 16.3. The number of hydrogen-bond acceptors (Lipinski definition) is 2. The topological polar surface area (TPSA) is 32.3 Å². The molecule has 0 spiro atoms. The summed E-state index contributed by atoms with van der Waals surface area (Å²) < 4.78 is 0. The first-order chi connectivity index (χ1) is 9.11. The van der Waals surface area contributed by atoms with Gasteiger partial charge in [0.25, 0.3) is 0 Å². The summed E-state index contributed by atoms with van der Waals surface area (Å²) in [6.07, 6.45) is 3.59. The summed E-state index contributed by atoms with van der Waals surface area (Å²) in [4.78, 5) is 0. The minimum Gasteiger partial charge on any atom is -0.396 e. The van der Waals surface area contributed by atoms with Gasteiger partial charge in [-0.1, -0.05) is 44.5 Å². The summed E-state index contributed by atoms with van der Waals surface area (Å²) in [6, 6.07) is 9.77. The standard InChI is InChI=1S/C17H27NO/c1-12(2)14-7-9-15(10-8-14)13(3)18-17-6-4-5-16(17)11-19/h7-10,12-13,16-19H,4-6,11H2,1-3H3. The van der Waals surface area contributed by atoms with Crippen LogP contribution in [-0.2, 0) is 0 Å². The number of hydrogen-bond donors (Lipinski definition) is 2. The largest absolute Gasteiger partial charge is 0.396 e. The highest BCUT2D eigenvalue weighted by Gasteiger charge is 2.27. The molecule has 1 aromatic carbocycles. The van der Waals surface area contributed by atoms with Gasteiger partial charge in [0, 0.05) is 18.7 Å². The summed E-state index contributed by atoms with van der Waals surface area (Å²) in [5.74, 6) is 1.03. The lowest BCUT2D eigenvalue weighted by atomic mass is 9.98. The molecule has 2 rings (SSSR count). The van der Waals surface area contributed by atoms with Crippen LogP contribution in [0.4, 0.5) is 0 Å².